The van der Waals surface area contributed by atoms with Gasteiger partial charge < -0.3 is 5.32 Å². The van der Waals surface area contributed by atoms with Gasteiger partial charge >= 0.3 is 0 Å². The van der Waals surface area contributed by atoms with Crippen LogP contribution in [0.15, 0.2) is 0 Å². The number of nitrogens with zero attached hydrogens (tertiary/aromatic N) is 4. The zero-order valence-corrected chi connectivity index (χ0v) is 12.2. The van der Waals surface area contributed by atoms with Gasteiger partial charge in [0.2, 0.25) is 15.9 Å². The predicted molar refractivity (Wildman–Crippen MR) is 69.9 cm³/mol. The van der Waals surface area contributed by atoms with Crippen LogP contribution in [0.2, 0.25) is 0 Å². The number of aromatic amines is 1. The molecule has 9 nitrogen and oxygen atoms in total. The number of hydrogen-bond acceptors (Lipinski definition) is 6. The molecule has 1 atom stereocenters. The highest BCUT2D eigenvalue weighted by Crippen LogP contribution is 2.20. The van der Waals surface area contributed by atoms with Gasteiger partial charge in [0.25, 0.3) is 0 Å². The topological polar surface area (TPSA) is 121 Å². The fourth-order valence-corrected chi connectivity index (χ4v) is 3.07. The zero-order chi connectivity index (χ0) is 14.8. The number of amides is 1. The molecular formula is C10H18N6O3S. The highest BCUT2D eigenvalue weighted by molar-refractivity contribution is 7.88. The van der Waals surface area contributed by atoms with Crippen molar-refractivity contribution in [1.29, 1.82) is 0 Å². The van der Waals surface area contributed by atoms with Crippen LogP contribution in [-0.2, 0) is 14.8 Å². The molecule has 10 heteroatoms. The molecule has 2 heterocycles. The molecule has 0 spiro atoms. The highest BCUT2D eigenvalue weighted by Gasteiger charge is 2.29. The summed E-state index contributed by atoms with van der Waals surface area (Å²) in [5.41, 5.74) is 0. The van der Waals surface area contributed by atoms with E-state index in [9.17, 15) is 13.2 Å². The summed E-state index contributed by atoms with van der Waals surface area (Å²) in [5, 5.41) is 16.2. The van der Waals surface area contributed by atoms with Gasteiger partial charge in [0.15, 0.2) is 5.82 Å². The average molecular weight is 302 g/mol. The number of aromatic nitrogens is 4. The first kappa shape index (κ1) is 14.9. The first-order valence-electron chi connectivity index (χ1n) is 6.37. The van der Waals surface area contributed by atoms with Gasteiger partial charge in [-0.25, -0.2) is 12.7 Å². The summed E-state index contributed by atoms with van der Waals surface area (Å²) in [4.78, 5) is 12.1. The van der Waals surface area contributed by atoms with E-state index in [1.165, 1.54) is 10.6 Å². The van der Waals surface area contributed by atoms with Crippen LogP contribution < -0.4 is 5.32 Å². The summed E-state index contributed by atoms with van der Waals surface area (Å²) >= 11 is 0. The second kappa shape index (κ2) is 5.83. The van der Waals surface area contributed by atoms with Crippen molar-refractivity contribution in [1.82, 2.24) is 30.2 Å². The van der Waals surface area contributed by atoms with Crippen LogP contribution in [0, 0.1) is 5.92 Å². The van der Waals surface area contributed by atoms with Gasteiger partial charge in [-0.05, 0) is 19.8 Å². The zero-order valence-electron chi connectivity index (χ0n) is 11.4. The van der Waals surface area contributed by atoms with Crippen molar-refractivity contribution in [3.8, 4) is 0 Å². The Morgan fingerprint density at radius 1 is 1.45 bits per heavy atom. The van der Waals surface area contributed by atoms with Crippen molar-refractivity contribution in [2.75, 3.05) is 19.3 Å². The lowest BCUT2D eigenvalue weighted by Gasteiger charge is -2.29. The van der Waals surface area contributed by atoms with Gasteiger partial charge in [-0.3, -0.25) is 4.79 Å². The minimum Gasteiger partial charge on any atom is -0.346 e. The second-order valence-corrected chi connectivity index (χ2v) is 6.92. The fourth-order valence-electron chi connectivity index (χ4n) is 2.20. The molecule has 1 aromatic heterocycles. The Morgan fingerprint density at radius 3 is 2.60 bits per heavy atom. The monoisotopic (exact) mass is 302 g/mol. The van der Waals surface area contributed by atoms with Gasteiger partial charge in [0.05, 0.1) is 12.3 Å². The SMILES string of the molecule is CC(NC(=O)C1CCN(S(C)(=O)=O)CC1)c1nn[nH]n1. The van der Waals surface area contributed by atoms with E-state index in [0.29, 0.717) is 31.8 Å². The lowest BCUT2D eigenvalue weighted by Crippen LogP contribution is -2.43. The first-order valence-corrected chi connectivity index (χ1v) is 8.21. The molecule has 1 unspecified atom stereocenters. The van der Waals surface area contributed by atoms with E-state index >= 15 is 0 Å². The van der Waals surface area contributed by atoms with Gasteiger partial charge in [-0.2, -0.15) is 5.21 Å². The van der Waals surface area contributed by atoms with E-state index in [2.05, 4.69) is 25.9 Å². The standard InChI is InChI=1S/C10H18N6O3S/c1-7(9-12-14-15-13-9)11-10(17)8-3-5-16(6-4-8)20(2,18)19/h7-8H,3-6H2,1-2H3,(H,11,17)(H,12,13,14,15). The summed E-state index contributed by atoms with van der Waals surface area (Å²) in [5.74, 6) is 0.143. The third-order valence-electron chi connectivity index (χ3n) is 3.40. The molecule has 0 aliphatic carbocycles. The normalized spacial score (nSPS) is 19.7. The third-order valence-corrected chi connectivity index (χ3v) is 4.70. The van der Waals surface area contributed by atoms with Crippen molar-refractivity contribution >= 4 is 15.9 Å². The molecule has 1 saturated heterocycles. The molecule has 0 bridgehead atoms. The molecule has 20 heavy (non-hydrogen) atoms. The Morgan fingerprint density at radius 2 is 2.10 bits per heavy atom. The van der Waals surface area contributed by atoms with Gasteiger partial charge in [0, 0.05) is 19.0 Å². The number of tetrazole rings is 1. The Hall–Kier alpha value is -1.55. The fraction of sp³-hybridized carbons (Fsp3) is 0.800. The van der Waals surface area contributed by atoms with E-state index in [1.807, 2.05) is 0 Å². The lowest BCUT2D eigenvalue weighted by atomic mass is 9.97. The van der Waals surface area contributed by atoms with Crippen LogP contribution in [-0.4, -0.2) is 58.6 Å². The Labute approximate surface area is 117 Å². The number of carbonyl (C=O) groups is 1. The van der Waals surface area contributed by atoms with Crippen LogP contribution in [0.25, 0.3) is 0 Å². The minimum atomic E-state index is -3.16. The Bertz CT molecular complexity index is 550. The lowest BCUT2D eigenvalue weighted by molar-refractivity contribution is -0.126. The van der Waals surface area contributed by atoms with Crippen LogP contribution in [0.5, 0.6) is 0 Å². The van der Waals surface area contributed by atoms with Crippen molar-refractivity contribution in [3.63, 3.8) is 0 Å². The molecule has 2 N–H and O–H groups in total. The van der Waals surface area contributed by atoms with Gasteiger partial charge in [0.1, 0.15) is 0 Å². The Kier molecular flexibility index (Phi) is 4.33. The quantitative estimate of drug-likeness (QED) is 0.739. The average Bonchev–Trinajstić information content (AvgIpc) is 2.91. The predicted octanol–water partition coefficient (Wildman–Crippen LogP) is -0.951. The number of nitrogens with one attached hydrogen (secondary N) is 2. The van der Waals surface area contributed by atoms with Gasteiger partial charge in [-0.1, -0.05) is 5.21 Å². The molecule has 0 saturated carbocycles. The van der Waals surface area contributed by atoms with Crippen LogP contribution in [0.3, 0.4) is 0 Å². The van der Waals surface area contributed by atoms with E-state index in [-0.39, 0.29) is 17.9 Å². The number of H-pyrrole nitrogens is 1. The number of rotatable bonds is 4. The Balaban J connectivity index is 1.86. The summed E-state index contributed by atoms with van der Waals surface area (Å²) in [6, 6.07) is -0.325. The minimum absolute atomic E-state index is 0.101. The second-order valence-electron chi connectivity index (χ2n) is 4.94. The molecule has 0 radical (unpaired) electrons. The molecule has 112 valence electrons. The maximum Gasteiger partial charge on any atom is 0.223 e. The number of sulfonamides is 1. The summed E-state index contributed by atoms with van der Waals surface area (Å²) in [6.45, 7) is 2.54. The van der Waals surface area contributed by atoms with Crippen LogP contribution in [0.1, 0.15) is 31.6 Å². The van der Waals surface area contributed by atoms with E-state index < -0.39 is 10.0 Å². The molecule has 1 aliphatic rings. The molecule has 1 fully saturated rings. The van der Waals surface area contributed by atoms with Crippen molar-refractivity contribution in [2.45, 2.75) is 25.8 Å². The molecule has 1 aromatic rings. The first-order chi connectivity index (χ1) is 9.38. The molecular weight excluding hydrogens is 284 g/mol. The van der Waals surface area contributed by atoms with Crippen molar-refractivity contribution in [2.24, 2.45) is 5.92 Å². The number of carbonyl (C=O) groups excluding carboxylic acids is 1. The summed E-state index contributed by atoms with van der Waals surface area (Å²) in [7, 11) is -3.16. The largest absolute Gasteiger partial charge is 0.346 e. The van der Waals surface area contributed by atoms with E-state index in [0.717, 1.165) is 0 Å². The molecule has 1 aliphatic heterocycles. The maximum atomic E-state index is 12.1. The van der Waals surface area contributed by atoms with E-state index in [1.54, 1.807) is 6.92 Å². The highest BCUT2D eigenvalue weighted by atomic mass is 32.2. The van der Waals surface area contributed by atoms with Crippen molar-refractivity contribution in [3.05, 3.63) is 5.82 Å². The van der Waals surface area contributed by atoms with E-state index in [4.69, 9.17) is 0 Å². The van der Waals surface area contributed by atoms with Crippen LogP contribution >= 0.6 is 0 Å². The summed E-state index contributed by atoms with van der Waals surface area (Å²) in [6.07, 6.45) is 2.24. The van der Waals surface area contributed by atoms with Gasteiger partial charge in [-0.15, -0.1) is 10.2 Å². The molecule has 0 aromatic carbocycles. The maximum absolute atomic E-state index is 12.1. The number of hydrogen-bond donors (Lipinski definition) is 2. The molecule has 2 rings (SSSR count). The third kappa shape index (κ3) is 3.51. The molecule has 1 amide bonds. The van der Waals surface area contributed by atoms with Crippen molar-refractivity contribution < 1.29 is 13.2 Å². The summed E-state index contributed by atoms with van der Waals surface area (Å²) < 4.78 is 24.2. The number of piperidine rings is 1. The van der Waals surface area contributed by atoms with Crippen LogP contribution in [0.4, 0.5) is 0 Å². The smallest absolute Gasteiger partial charge is 0.223 e.